The highest BCUT2D eigenvalue weighted by molar-refractivity contribution is 7.97. The summed E-state index contributed by atoms with van der Waals surface area (Å²) in [5.74, 6) is 0.441. The Kier molecular flexibility index (Phi) is 7.68. The molecule has 1 unspecified atom stereocenters. The molecule has 1 aromatic carbocycles. The zero-order valence-electron chi connectivity index (χ0n) is 17.2. The monoisotopic (exact) mass is 450 g/mol. The standard InChI is InChI=1S/C22H25F3N4OS/c1-16-8-12-29(13-9-16)21(30)19(10-14-28-11-4-5-17(28)15-26)27-31-20-7-3-2-6-18(20)22(23,24)25/h2-7,11,16,19,27H,8-10,12-14H2,1H3. The zero-order chi connectivity index (χ0) is 22.4. The number of rotatable bonds is 7. The third-order valence-electron chi connectivity index (χ3n) is 5.50. The van der Waals surface area contributed by atoms with Gasteiger partial charge in [0.2, 0.25) is 5.91 Å². The summed E-state index contributed by atoms with van der Waals surface area (Å²) >= 11 is 0.830. The number of piperidine rings is 1. The molecule has 0 saturated carbocycles. The summed E-state index contributed by atoms with van der Waals surface area (Å²) in [6, 6.07) is 10.2. The summed E-state index contributed by atoms with van der Waals surface area (Å²) in [7, 11) is 0. The van der Waals surface area contributed by atoms with Gasteiger partial charge in [0.25, 0.3) is 0 Å². The van der Waals surface area contributed by atoms with Crippen molar-refractivity contribution in [3.63, 3.8) is 0 Å². The fourth-order valence-corrected chi connectivity index (χ4v) is 4.51. The maximum atomic E-state index is 13.3. The van der Waals surface area contributed by atoms with Crippen LogP contribution in [0.4, 0.5) is 13.2 Å². The number of alkyl halides is 3. The van der Waals surface area contributed by atoms with Gasteiger partial charge in [0.15, 0.2) is 0 Å². The number of hydrogen-bond donors (Lipinski definition) is 1. The minimum atomic E-state index is -4.47. The lowest BCUT2D eigenvalue weighted by Crippen LogP contribution is -2.47. The molecule has 0 aliphatic carbocycles. The van der Waals surface area contributed by atoms with Crippen molar-refractivity contribution in [3.05, 3.63) is 53.9 Å². The maximum absolute atomic E-state index is 13.3. The van der Waals surface area contributed by atoms with E-state index in [1.54, 1.807) is 33.9 Å². The van der Waals surface area contributed by atoms with Crippen LogP contribution >= 0.6 is 11.9 Å². The molecule has 1 aliphatic rings. The Balaban J connectivity index is 1.74. The first-order chi connectivity index (χ1) is 14.8. The summed E-state index contributed by atoms with van der Waals surface area (Å²) in [6.07, 6.45) is -0.526. The van der Waals surface area contributed by atoms with Crippen molar-refractivity contribution in [2.24, 2.45) is 5.92 Å². The Labute approximate surface area is 184 Å². The molecule has 5 nitrogen and oxygen atoms in total. The lowest BCUT2D eigenvalue weighted by Gasteiger charge is -2.33. The molecule has 1 amide bonds. The molecule has 166 valence electrons. The second-order valence-electron chi connectivity index (χ2n) is 7.76. The number of halogens is 3. The molecule has 0 radical (unpaired) electrons. The van der Waals surface area contributed by atoms with Gasteiger partial charge in [-0.2, -0.15) is 18.4 Å². The predicted molar refractivity (Wildman–Crippen MR) is 113 cm³/mol. The summed E-state index contributed by atoms with van der Waals surface area (Å²) in [5, 5.41) is 9.20. The number of likely N-dealkylation sites (tertiary alicyclic amines) is 1. The van der Waals surface area contributed by atoms with Gasteiger partial charge in [0, 0.05) is 30.7 Å². The van der Waals surface area contributed by atoms with Crippen LogP contribution in [-0.4, -0.2) is 34.5 Å². The molecular weight excluding hydrogens is 425 g/mol. The highest BCUT2D eigenvalue weighted by atomic mass is 32.2. The van der Waals surface area contributed by atoms with Crippen LogP contribution in [0.2, 0.25) is 0 Å². The van der Waals surface area contributed by atoms with Gasteiger partial charge < -0.3 is 9.47 Å². The van der Waals surface area contributed by atoms with Gasteiger partial charge in [-0.1, -0.05) is 19.1 Å². The van der Waals surface area contributed by atoms with Crippen LogP contribution in [0, 0.1) is 17.2 Å². The van der Waals surface area contributed by atoms with Crippen LogP contribution in [0.3, 0.4) is 0 Å². The minimum Gasteiger partial charge on any atom is -0.341 e. The van der Waals surface area contributed by atoms with Crippen molar-refractivity contribution in [1.82, 2.24) is 14.2 Å². The van der Waals surface area contributed by atoms with Crippen LogP contribution < -0.4 is 4.72 Å². The molecule has 1 aliphatic heterocycles. The Hall–Kier alpha value is -2.44. The molecule has 1 fully saturated rings. The number of amides is 1. The highest BCUT2D eigenvalue weighted by Gasteiger charge is 2.34. The summed E-state index contributed by atoms with van der Waals surface area (Å²) in [6.45, 7) is 3.85. The number of nitriles is 1. The van der Waals surface area contributed by atoms with Gasteiger partial charge in [-0.15, -0.1) is 0 Å². The molecule has 31 heavy (non-hydrogen) atoms. The zero-order valence-corrected chi connectivity index (χ0v) is 18.0. The number of aromatic nitrogens is 1. The van der Waals surface area contributed by atoms with Crippen LogP contribution in [0.25, 0.3) is 0 Å². The lowest BCUT2D eigenvalue weighted by atomic mass is 9.98. The highest BCUT2D eigenvalue weighted by Crippen LogP contribution is 2.36. The van der Waals surface area contributed by atoms with Gasteiger partial charge in [-0.3, -0.25) is 4.79 Å². The first kappa shape index (κ1) is 23.2. The van der Waals surface area contributed by atoms with Crippen molar-refractivity contribution in [3.8, 4) is 6.07 Å². The first-order valence-corrected chi connectivity index (χ1v) is 11.0. The maximum Gasteiger partial charge on any atom is 0.417 e. The van der Waals surface area contributed by atoms with E-state index in [0.717, 1.165) is 30.9 Å². The van der Waals surface area contributed by atoms with Crippen molar-refractivity contribution < 1.29 is 18.0 Å². The molecule has 1 atom stereocenters. The van der Waals surface area contributed by atoms with Gasteiger partial charge in [-0.05, 0) is 61.4 Å². The van der Waals surface area contributed by atoms with Crippen LogP contribution in [0.5, 0.6) is 0 Å². The Morgan fingerprint density at radius 1 is 1.26 bits per heavy atom. The molecule has 2 aromatic rings. The number of carbonyl (C=O) groups is 1. The smallest absolute Gasteiger partial charge is 0.341 e. The van der Waals surface area contributed by atoms with Crippen molar-refractivity contribution in [1.29, 1.82) is 5.26 Å². The molecule has 1 aromatic heterocycles. The SMILES string of the molecule is CC1CCN(C(=O)C(CCn2cccc2C#N)NSc2ccccc2C(F)(F)F)CC1. The van der Waals surface area contributed by atoms with Crippen LogP contribution in [-0.2, 0) is 17.5 Å². The van der Waals surface area contributed by atoms with Crippen molar-refractivity contribution >= 4 is 17.9 Å². The number of hydrogen-bond acceptors (Lipinski definition) is 4. The Morgan fingerprint density at radius 2 is 1.97 bits per heavy atom. The van der Waals surface area contributed by atoms with E-state index < -0.39 is 17.8 Å². The van der Waals surface area contributed by atoms with E-state index in [0.29, 0.717) is 37.7 Å². The van der Waals surface area contributed by atoms with Gasteiger partial charge in [0.1, 0.15) is 11.8 Å². The normalized spacial score (nSPS) is 16.2. The second-order valence-corrected chi connectivity index (χ2v) is 8.64. The van der Waals surface area contributed by atoms with E-state index in [4.69, 9.17) is 0 Å². The Bertz CT molecular complexity index is 929. The van der Waals surface area contributed by atoms with Crippen LogP contribution in [0.15, 0.2) is 47.5 Å². The third kappa shape index (κ3) is 6.05. The number of aryl methyl sites for hydroxylation is 1. The van der Waals surface area contributed by atoms with Crippen molar-refractivity contribution in [2.75, 3.05) is 13.1 Å². The van der Waals surface area contributed by atoms with Gasteiger partial charge >= 0.3 is 6.18 Å². The largest absolute Gasteiger partial charge is 0.417 e. The summed E-state index contributed by atoms with van der Waals surface area (Å²) < 4.78 is 44.7. The van der Waals surface area contributed by atoms with E-state index in [1.807, 2.05) is 0 Å². The van der Waals surface area contributed by atoms with Gasteiger partial charge in [0.05, 0.1) is 11.6 Å². The molecule has 1 saturated heterocycles. The molecule has 3 rings (SSSR count). The second kappa shape index (κ2) is 10.2. The van der Waals surface area contributed by atoms with E-state index in [1.165, 1.54) is 12.1 Å². The third-order valence-corrected chi connectivity index (χ3v) is 6.48. The van der Waals surface area contributed by atoms with Crippen molar-refractivity contribution in [2.45, 2.75) is 49.8 Å². The number of nitrogens with one attached hydrogen (secondary N) is 1. The van der Waals surface area contributed by atoms with E-state index in [9.17, 15) is 23.2 Å². The average Bonchev–Trinajstić information content (AvgIpc) is 3.21. The summed E-state index contributed by atoms with van der Waals surface area (Å²) in [4.78, 5) is 15.0. The molecule has 1 N–H and O–H groups in total. The first-order valence-electron chi connectivity index (χ1n) is 10.2. The predicted octanol–water partition coefficient (Wildman–Crippen LogP) is 4.69. The average molecular weight is 451 g/mol. The minimum absolute atomic E-state index is 0.0266. The number of carbonyl (C=O) groups excluding carboxylic acids is 1. The van der Waals surface area contributed by atoms with E-state index >= 15 is 0 Å². The fraction of sp³-hybridized carbons (Fsp3) is 0.455. The summed E-state index contributed by atoms with van der Waals surface area (Å²) in [5.41, 5.74) is -0.254. The quantitative estimate of drug-likeness (QED) is 0.622. The molecular formula is C22H25F3N4OS. The number of nitrogens with zero attached hydrogens (tertiary/aromatic N) is 3. The van der Waals surface area contributed by atoms with E-state index in [2.05, 4.69) is 17.7 Å². The van der Waals surface area contributed by atoms with Gasteiger partial charge in [-0.25, -0.2) is 4.72 Å². The fourth-order valence-electron chi connectivity index (χ4n) is 3.59. The molecule has 0 bridgehead atoms. The van der Waals surface area contributed by atoms with Crippen LogP contribution in [0.1, 0.15) is 37.4 Å². The Morgan fingerprint density at radius 3 is 2.65 bits per heavy atom. The van der Waals surface area contributed by atoms with E-state index in [-0.39, 0.29) is 10.8 Å². The lowest BCUT2D eigenvalue weighted by molar-refractivity contribution is -0.139. The molecule has 2 heterocycles. The topological polar surface area (TPSA) is 61.1 Å². The molecule has 9 heteroatoms. The number of benzene rings is 1. The molecule has 0 spiro atoms.